The van der Waals surface area contributed by atoms with Gasteiger partial charge in [0.25, 0.3) is 0 Å². The molecule has 0 bridgehead atoms. The fourth-order valence-electron chi connectivity index (χ4n) is 1.05. The Balaban J connectivity index is 2.56. The number of halogens is 1. The van der Waals surface area contributed by atoms with Crippen LogP contribution in [-0.2, 0) is 11.8 Å². The predicted molar refractivity (Wildman–Crippen MR) is 58.1 cm³/mol. The molecule has 0 saturated heterocycles. The van der Waals surface area contributed by atoms with Crippen molar-refractivity contribution in [2.24, 2.45) is 12.8 Å². The highest BCUT2D eigenvalue weighted by molar-refractivity contribution is 6.29. The molecule has 0 aliphatic rings. The third-order valence-electron chi connectivity index (χ3n) is 1.82. The van der Waals surface area contributed by atoms with Crippen molar-refractivity contribution < 1.29 is 4.79 Å². The van der Waals surface area contributed by atoms with Gasteiger partial charge in [-0.05, 0) is 0 Å². The summed E-state index contributed by atoms with van der Waals surface area (Å²) >= 11 is 5.51. The first kappa shape index (κ1) is 11.7. The number of aryl methyl sites for hydroxylation is 1. The minimum absolute atomic E-state index is 0.217. The minimum Gasteiger partial charge on any atom is -0.349 e. The van der Waals surface area contributed by atoms with Gasteiger partial charge in [-0.2, -0.15) is 5.10 Å². The van der Waals surface area contributed by atoms with Crippen LogP contribution < -0.4 is 11.1 Å². The second-order valence-electron chi connectivity index (χ2n) is 3.16. The zero-order valence-corrected chi connectivity index (χ0v) is 9.16. The summed E-state index contributed by atoms with van der Waals surface area (Å²) in [6.45, 7) is 3.67. The molecule has 1 rings (SSSR count). The number of amides is 1. The van der Waals surface area contributed by atoms with E-state index in [-0.39, 0.29) is 12.5 Å². The molecule has 0 spiro atoms. The highest BCUT2D eigenvalue weighted by Gasteiger charge is 2.16. The lowest BCUT2D eigenvalue weighted by Crippen LogP contribution is -2.34. The average Bonchev–Trinajstić information content (AvgIpc) is 2.60. The lowest BCUT2D eigenvalue weighted by Gasteiger charge is -2.09. The zero-order chi connectivity index (χ0) is 11.4. The molecule has 1 heterocycles. The summed E-state index contributed by atoms with van der Waals surface area (Å²) in [5.74, 6) is -0.301. The summed E-state index contributed by atoms with van der Waals surface area (Å²) in [5, 5.41) is 6.85. The number of rotatable bonds is 4. The Hall–Kier alpha value is -1.33. The van der Waals surface area contributed by atoms with Crippen LogP contribution in [-0.4, -0.2) is 22.2 Å². The number of nitrogens with zero attached hydrogens (tertiary/aromatic N) is 2. The Labute approximate surface area is 92.9 Å². The molecule has 82 valence electrons. The molecule has 5 nitrogen and oxygen atoms in total. The second-order valence-corrected chi connectivity index (χ2v) is 3.69. The number of nitrogens with two attached hydrogens (primary N) is 1. The quantitative estimate of drug-likeness (QED) is 0.778. The number of hydrogen-bond acceptors (Lipinski definition) is 3. The van der Waals surface area contributed by atoms with Crippen LogP contribution in [0, 0.1) is 0 Å². The van der Waals surface area contributed by atoms with Gasteiger partial charge in [0.2, 0.25) is 5.91 Å². The minimum atomic E-state index is -0.727. The van der Waals surface area contributed by atoms with E-state index in [4.69, 9.17) is 17.3 Å². The maximum absolute atomic E-state index is 11.5. The Morgan fingerprint density at radius 3 is 3.00 bits per heavy atom. The Bertz CT molecular complexity index is 374. The summed E-state index contributed by atoms with van der Waals surface area (Å²) in [5.41, 5.74) is 6.36. The molecule has 3 N–H and O–H groups in total. The largest absolute Gasteiger partial charge is 0.349 e. The number of aromatic nitrogens is 2. The third kappa shape index (κ3) is 3.38. The third-order valence-corrected chi connectivity index (χ3v) is 1.95. The topological polar surface area (TPSA) is 72.9 Å². The standard InChI is InChI=1S/C9H13ClN4O/c1-6(10)3-12-9(15)8(11)7-4-13-14(2)5-7/h4-5,8H,1,3,11H2,2H3,(H,12,15). The Morgan fingerprint density at radius 2 is 2.53 bits per heavy atom. The van der Waals surface area contributed by atoms with Crippen LogP contribution in [0.2, 0.25) is 0 Å². The smallest absolute Gasteiger partial charge is 0.241 e. The van der Waals surface area contributed by atoms with E-state index in [9.17, 15) is 4.79 Å². The average molecular weight is 229 g/mol. The molecule has 1 aromatic rings. The molecule has 1 aromatic heterocycles. The zero-order valence-electron chi connectivity index (χ0n) is 8.40. The van der Waals surface area contributed by atoms with Gasteiger partial charge in [-0.3, -0.25) is 9.48 Å². The molecule has 0 radical (unpaired) electrons. The first-order valence-corrected chi connectivity index (χ1v) is 4.73. The Morgan fingerprint density at radius 1 is 1.87 bits per heavy atom. The molecular formula is C9H13ClN4O. The van der Waals surface area contributed by atoms with Gasteiger partial charge in [-0.15, -0.1) is 0 Å². The lowest BCUT2D eigenvalue weighted by molar-refractivity contribution is -0.122. The van der Waals surface area contributed by atoms with Crippen LogP contribution in [0.3, 0.4) is 0 Å². The van der Waals surface area contributed by atoms with Crippen molar-refractivity contribution in [3.05, 3.63) is 29.6 Å². The van der Waals surface area contributed by atoms with E-state index >= 15 is 0 Å². The SMILES string of the molecule is C=C(Cl)CNC(=O)C(N)c1cnn(C)c1. The van der Waals surface area contributed by atoms with E-state index in [0.29, 0.717) is 10.6 Å². The van der Waals surface area contributed by atoms with E-state index < -0.39 is 6.04 Å². The second kappa shape index (κ2) is 4.95. The van der Waals surface area contributed by atoms with Crippen LogP contribution in [0.25, 0.3) is 0 Å². The molecule has 1 amide bonds. The van der Waals surface area contributed by atoms with E-state index in [1.807, 2.05) is 0 Å². The highest BCUT2D eigenvalue weighted by atomic mass is 35.5. The summed E-state index contributed by atoms with van der Waals surface area (Å²) in [6, 6.07) is -0.727. The molecule has 15 heavy (non-hydrogen) atoms. The van der Waals surface area contributed by atoms with Gasteiger partial charge in [-0.1, -0.05) is 18.2 Å². The van der Waals surface area contributed by atoms with Crippen LogP contribution in [0.5, 0.6) is 0 Å². The lowest BCUT2D eigenvalue weighted by atomic mass is 10.1. The molecule has 0 aromatic carbocycles. The Kier molecular flexibility index (Phi) is 3.88. The first-order valence-electron chi connectivity index (χ1n) is 4.36. The molecule has 0 aliphatic heterocycles. The summed E-state index contributed by atoms with van der Waals surface area (Å²) in [4.78, 5) is 11.5. The fraction of sp³-hybridized carbons (Fsp3) is 0.333. The maximum Gasteiger partial charge on any atom is 0.241 e. The van der Waals surface area contributed by atoms with Gasteiger partial charge in [0.05, 0.1) is 12.7 Å². The van der Waals surface area contributed by atoms with E-state index in [2.05, 4.69) is 17.0 Å². The van der Waals surface area contributed by atoms with Gasteiger partial charge < -0.3 is 11.1 Å². The normalized spacial score (nSPS) is 12.2. The van der Waals surface area contributed by atoms with Crippen LogP contribution >= 0.6 is 11.6 Å². The van der Waals surface area contributed by atoms with E-state index in [0.717, 1.165) is 0 Å². The number of nitrogens with one attached hydrogen (secondary N) is 1. The molecule has 1 unspecified atom stereocenters. The van der Waals surface area contributed by atoms with Crippen LogP contribution in [0.1, 0.15) is 11.6 Å². The van der Waals surface area contributed by atoms with Gasteiger partial charge in [-0.25, -0.2) is 0 Å². The van der Waals surface area contributed by atoms with Crippen LogP contribution in [0.15, 0.2) is 24.0 Å². The summed E-state index contributed by atoms with van der Waals surface area (Å²) in [6.07, 6.45) is 3.25. The van der Waals surface area contributed by atoms with Crippen LogP contribution in [0.4, 0.5) is 0 Å². The summed E-state index contributed by atoms with van der Waals surface area (Å²) in [7, 11) is 1.76. The molecular weight excluding hydrogens is 216 g/mol. The monoisotopic (exact) mass is 228 g/mol. The molecule has 0 saturated carbocycles. The predicted octanol–water partition coefficient (Wildman–Crippen LogP) is 0.289. The van der Waals surface area contributed by atoms with Crippen molar-refractivity contribution in [1.29, 1.82) is 0 Å². The summed E-state index contributed by atoms with van der Waals surface area (Å²) < 4.78 is 1.59. The first-order chi connectivity index (χ1) is 7.00. The number of carbonyl (C=O) groups excluding carboxylic acids is 1. The van der Waals surface area contributed by atoms with Crippen molar-refractivity contribution in [1.82, 2.24) is 15.1 Å². The van der Waals surface area contributed by atoms with Gasteiger partial charge in [0.15, 0.2) is 0 Å². The van der Waals surface area contributed by atoms with E-state index in [1.165, 1.54) is 0 Å². The molecule has 1 atom stereocenters. The van der Waals surface area contributed by atoms with Gasteiger partial charge in [0.1, 0.15) is 6.04 Å². The molecule has 0 fully saturated rings. The van der Waals surface area contributed by atoms with Gasteiger partial charge in [0, 0.05) is 23.8 Å². The fourth-order valence-corrected chi connectivity index (χ4v) is 1.11. The number of hydrogen-bond donors (Lipinski definition) is 2. The van der Waals surface area contributed by atoms with Crippen molar-refractivity contribution in [3.63, 3.8) is 0 Å². The molecule has 0 aliphatic carbocycles. The van der Waals surface area contributed by atoms with E-state index in [1.54, 1.807) is 24.1 Å². The highest BCUT2D eigenvalue weighted by Crippen LogP contribution is 2.08. The van der Waals surface area contributed by atoms with Crippen molar-refractivity contribution in [3.8, 4) is 0 Å². The van der Waals surface area contributed by atoms with Crippen molar-refractivity contribution in [2.75, 3.05) is 6.54 Å². The maximum atomic E-state index is 11.5. The van der Waals surface area contributed by atoms with Crippen molar-refractivity contribution in [2.45, 2.75) is 6.04 Å². The van der Waals surface area contributed by atoms with Crippen molar-refractivity contribution >= 4 is 17.5 Å². The molecule has 6 heteroatoms. The number of carbonyl (C=O) groups is 1. The van der Waals surface area contributed by atoms with Gasteiger partial charge >= 0.3 is 0 Å².